The molecule has 1 aromatic carbocycles. The highest BCUT2D eigenvalue weighted by atomic mass is 32.2. The number of nitrogens with zero attached hydrogens (tertiary/aromatic N) is 5. The molecule has 0 saturated carbocycles. The summed E-state index contributed by atoms with van der Waals surface area (Å²) >= 11 is 1.52. The van der Waals surface area contributed by atoms with E-state index in [1.165, 1.54) is 11.8 Å². The second-order valence-corrected chi connectivity index (χ2v) is 8.97. The Morgan fingerprint density at radius 2 is 2.09 bits per heavy atom. The molecule has 1 unspecified atom stereocenters. The van der Waals surface area contributed by atoms with Gasteiger partial charge in [0.25, 0.3) is 0 Å². The van der Waals surface area contributed by atoms with Crippen molar-refractivity contribution in [3.05, 3.63) is 18.2 Å². The number of carbonyl (C=O) groups excluding carboxylic acids is 2. The summed E-state index contributed by atoms with van der Waals surface area (Å²) in [6.07, 6.45) is 8.10. The highest BCUT2D eigenvalue weighted by Gasteiger charge is 2.30. The number of amides is 2. The van der Waals surface area contributed by atoms with Crippen LogP contribution in [0.5, 0.6) is 0 Å². The van der Waals surface area contributed by atoms with Crippen LogP contribution >= 0.6 is 11.8 Å². The lowest BCUT2D eigenvalue weighted by Crippen LogP contribution is -2.45. The molecule has 0 aliphatic carbocycles. The van der Waals surface area contributed by atoms with Crippen molar-refractivity contribution >= 4 is 46.3 Å². The zero-order valence-electron chi connectivity index (χ0n) is 18.6. The van der Waals surface area contributed by atoms with Gasteiger partial charge in [-0.2, -0.15) is 5.26 Å². The fraction of sp³-hybridized carbons (Fsp3) is 0.500. The van der Waals surface area contributed by atoms with Crippen LogP contribution in [0.2, 0.25) is 0 Å². The van der Waals surface area contributed by atoms with E-state index in [4.69, 9.17) is 0 Å². The van der Waals surface area contributed by atoms with Gasteiger partial charge in [0.05, 0.1) is 17.6 Å². The first-order chi connectivity index (χ1) is 16.1. The molecule has 0 bridgehead atoms. The molecule has 0 radical (unpaired) electrons. The van der Waals surface area contributed by atoms with Crippen LogP contribution in [-0.2, 0) is 9.59 Å². The minimum absolute atomic E-state index is 0.00329. The van der Waals surface area contributed by atoms with Crippen LogP contribution in [0.25, 0.3) is 11.0 Å². The fourth-order valence-electron chi connectivity index (χ4n) is 4.19. The molecule has 2 aliphatic rings. The lowest BCUT2D eigenvalue weighted by atomic mass is 10.1. The molecule has 2 aromatic rings. The van der Waals surface area contributed by atoms with Crippen LogP contribution in [-0.4, -0.2) is 76.0 Å². The number of rotatable bonds is 5. The number of thioether (sulfide) groups is 1. The Morgan fingerprint density at radius 3 is 2.85 bits per heavy atom. The summed E-state index contributed by atoms with van der Waals surface area (Å²) in [4.78, 5) is 41.5. The zero-order valence-corrected chi connectivity index (χ0v) is 19.5. The SMILES string of the molecule is CSc1nc2ccc(NC(=NC3CCCCN(CC(=O)N4CCCC4)C3=O)NC#N)cc2[nH]1. The molecular formula is C22H28N8O2S. The Hall–Kier alpha value is -3.26. The maximum Gasteiger partial charge on any atom is 0.247 e. The number of anilines is 1. The molecule has 0 spiro atoms. The molecule has 10 nitrogen and oxygen atoms in total. The van der Waals surface area contributed by atoms with Gasteiger partial charge in [-0.3, -0.25) is 14.9 Å². The standard InChI is InChI=1S/C22H28N8O2S/c1-33-22-27-16-8-7-15(12-18(16)28-22)25-21(24-14-23)26-17-6-2-3-11-30(20(17)32)13-19(31)29-9-4-5-10-29/h7-8,12,17H,2-6,9-11,13H2,1H3,(H,27,28)(H2,24,25,26). The summed E-state index contributed by atoms with van der Waals surface area (Å²) in [5.41, 5.74) is 2.41. The highest BCUT2D eigenvalue weighted by molar-refractivity contribution is 7.98. The average Bonchev–Trinajstić information content (AvgIpc) is 3.46. The van der Waals surface area contributed by atoms with Crippen molar-refractivity contribution in [2.24, 2.45) is 4.99 Å². The Kier molecular flexibility index (Phi) is 7.34. The second kappa shape index (κ2) is 10.6. The maximum absolute atomic E-state index is 13.2. The van der Waals surface area contributed by atoms with E-state index in [0.29, 0.717) is 18.7 Å². The molecule has 2 aliphatic heterocycles. The number of likely N-dealkylation sites (tertiary alicyclic amines) is 2. The molecule has 3 N–H and O–H groups in total. The first kappa shape index (κ1) is 22.9. The van der Waals surface area contributed by atoms with E-state index in [1.54, 1.807) is 4.90 Å². The molecule has 2 saturated heterocycles. The van der Waals surface area contributed by atoms with Gasteiger partial charge in [0.1, 0.15) is 6.04 Å². The van der Waals surface area contributed by atoms with Crippen LogP contribution in [0.3, 0.4) is 0 Å². The number of nitriles is 1. The van der Waals surface area contributed by atoms with E-state index in [1.807, 2.05) is 35.5 Å². The van der Waals surface area contributed by atoms with Gasteiger partial charge in [0.2, 0.25) is 17.8 Å². The predicted molar refractivity (Wildman–Crippen MR) is 128 cm³/mol. The van der Waals surface area contributed by atoms with E-state index in [2.05, 4.69) is 25.6 Å². The van der Waals surface area contributed by atoms with Gasteiger partial charge in [-0.05, 0) is 56.6 Å². The Labute approximate surface area is 196 Å². The van der Waals surface area contributed by atoms with E-state index in [-0.39, 0.29) is 24.3 Å². The third kappa shape index (κ3) is 5.57. The summed E-state index contributed by atoms with van der Waals surface area (Å²) in [5.74, 6) is 0.0247. The largest absolute Gasteiger partial charge is 0.341 e. The molecule has 11 heteroatoms. The van der Waals surface area contributed by atoms with Gasteiger partial charge in [0.15, 0.2) is 11.3 Å². The van der Waals surface area contributed by atoms with E-state index < -0.39 is 6.04 Å². The topological polar surface area (TPSA) is 130 Å². The number of hydrogen-bond acceptors (Lipinski definition) is 6. The van der Waals surface area contributed by atoms with Crippen molar-refractivity contribution in [2.75, 3.05) is 37.8 Å². The number of aromatic amines is 1. The molecule has 1 atom stereocenters. The average molecular weight is 469 g/mol. The number of aromatic nitrogens is 2. The fourth-order valence-corrected chi connectivity index (χ4v) is 4.59. The van der Waals surface area contributed by atoms with Gasteiger partial charge >= 0.3 is 0 Å². The Balaban J connectivity index is 1.49. The zero-order chi connectivity index (χ0) is 23.2. The van der Waals surface area contributed by atoms with E-state index >= 15 is 0 Å². The van der Waals surface area contributed by atoms with Crippen molar-refractivity contribution in [1.82, 2.24) is 25.1 Å². The van der Waals surface area contributed by atoms with Gasteiger partial charge < -0.3 is 20.1 Å². The van der Waals surface area contributed by atoms with Crippen molar-refractivity contribution in [2.45, 2.75) is 43.3 Å². The molecule has 174 valence electrons. The molecule has 3 heterocycles. The second-order valence-electron chi connectivity index (χ2n) is 8.18. The van der Waals surface area contributed by atoms with Crippen LogP contribution < -0.4 is 10.6 Å². The number of hydrogen-bond donors (Lipinski definition) is 3. The molecular weight excluding hydrogens is 440 g/mol. The molecule has 1 aromatic heterocycles. The quantitative estimate of drug-likeness (QED) is 0.201. The smallest absolute Gasteiger partial charge is 0.247 e. The number of guanidine groups is 1. The molecule has 2 fully saturated rings. The van der Waals surface area contributed by atoms with E-state index in [0.717, 1.165) is 55.0 Å². The van der Waals surface area contributed by atoms with Gasteiger partial charge in [0, 0.05) is 25.3 Å². The summed E-state index contributed by atoms with van der Waals surface area (Å²) < 4.78 is 0. The lowest BCUT2D eigenvalue weighted by molar-refractivity contribution is -0.140. The summed E-state index contributed by atoms with van der Waals surface area (Å²) in [6.45, 7) is 2.17. The molecule has 33 heavy (non-hydrogen) atoms. The number of H-pyrrole nitrogens is 1. The summed E-state index contributed by atoms with van der Waals surface area (Å²) in [6, 6.07) is 4.95. The van der Waals surface area contributed by atoms with Gasteiger partial charge in [-0.1, -0.05) is 11.8 Å². The van der Waals surface area contributed by atoms with Crippen LogP contribution in [0, 0.1) is 11.5 Å². The predicted octanol–water partition coefficient (Wildman–Crippen LogP) is 2.13. The lowest BCUT2D eigenvalue weighted by Gasteiger charge is -2.25. The van der Waals surface area contributed by atoms with Crippen molar-refractivity contribution < 1.29 is 9.59 Å². The Morgan fingerprint density at radius 1 is 1.30 bits per heavy atom. The normalized spacial score (nSPS) is 19.5. The van der Waals surface area contributed by atoms with Crippen molar-refractivity contribution in [1.29, 1.82) is 5.26 Å². The highest BCUT2D eigenvalue weighted by Crippen LogP contribution is 2.21. The molecule has 4 rings (SSSR count). The maximum atomic E-state index is 13.2. The monoisotopic (exact) mass is 468 g/mol. The number of fused-ring (bicyclic) bond motifs is 1. The molecule has 2 amide bonds. The van der Waals surface area contributed by atoms with Crippen LogP contribution in [0.15, 0.2) is 28.3 Å². The number of nitrogens with one attached hydrogen (secondary N) is 3. The van der Waals surface area contributed by atoms with Gasteiger partial charge in [-0.25, -0.2) is 9.98 Å². The van der Waals surface area contributed by atoms with Crippen molar-refractivity contribution in [3.63, 3.8) is 0 Å². The van der Waals surface area contributed by atoms with E-state index in [9.17, 15) is 14.9 Å². The minimum atomic E-state index is -0.652. The third-order valence-corrected chi connectivity index (χ3v) is 6.49. The number of carbonyl (C=O) groups is 2. The first-order valence-electron chi connectivity index (χ1n) is 11.2. The first-order valence-corrected chi connectivity index (χ1v) is 12.4. The Bertz CT molecular complexity index is 1090. The number of benzene rings is 1. The summed E-state index contributed by atoms with van der Waals surface area (Å²) in [7, 11) is 0. The minimum Gasteiger partial charge on any atom is -0.341 e. The number of imidazole rings is 1. The third-order valence-electron chi connectivity index (χ3n) is 5.91. The van der Waals surface area contributed by atoms with Crippen LogP contribution in [0.4, 0.5) is 5.69 Å². The number of aliphatic imine (C=N–C) groups is 1. The van der Waals surface area contributed by atoms with Crippen molar-refractivity contribution in [3.8, 4) is 6.19 Å². The van der Waals surface area contributed by atoms with Crippen LogP contribution in [0.1, 0.15) is 32.1 Å². The van der Waals surface area contributed by atoms with Gasteiger partial charge in [-0.15, -0.1) is 0 Å². The summed E-state index contributed by atoms with van der Waals surface area (Å²) in [5, 5.41) is 15.7.